The van der Waals surface area contributed by atoms with E-state index in [-0.39, 0.29) is 29.5 Å². The number of ether oxygens (including phenoxy) is 2. The molecular formula is C25H32FN3O4. The Morgan fingerprint density at radius 1 is 1.15 bits per heavy atom. The standard InChI is InChI=1S/C25H32FN3O4/c1-16-13-28(3)17(2)15-33-22-12-20(27-24(30)18-7-6-8-19(26)11-18)9-10-21(22)25(31)29(4)14-23(16)32-5/h6-12,16-17,23H,13-15H2,1-5H3,(H,27,30)/t16-,17-,23+/m1/s1. The fourth-order valence-corrected chi connectivity index (χ4v) is 3.86. The molecule has 2 amide bonds. The van der Waals surface area contributed by atoms with Crippen molar-refractivity contribution in [3.63, 3.8) is 0 Å². The van der Waals surface area contributed by atoms with Crippen molar-refractivity contribution in [1.82, 2.24) is 9.80 Å². The first-order valence-electron chi connectivity index (χ1n) is 11.0. The highest BCUT2D eigenvalue weighted by Crippen LogP contribution is 2.27. The molecule has 1 heterocycles. The summed E-state index contributed by atoms with van der Waals surface area (Å²) in [6, 6.07) is 10.5. The number of nitrogens with one attached hydrogen (secondary N) is 1. The smallest absolute Gasteiger partial charge is 0.257 e. The number of methoxy groups -OCH3 is 1. The van der Waals surface area contributed by atoms with Crippen LogP contribution in [0.4, 0.5) is 10.1 Å². The van der Waals surface area contributed by atoms with Crippen molar-refractivity contribution < 1.29 is 23.5 Å². The zero-order valence-corrected chi connectivity index (χ0v) is 19.8. The fraction of sp³-hybridized carbons (Fsp3) is 0.440. The Morgan fingerprint density at radius 2 is 1.91 bits per heavy atom. The second kappa shape index (κ2) is 10.8. The summed E-state index contributed by atoms with van der Waals surface area (Å²) in [6.07, 6.45) is -0.109. The lowest BCUT2D eigenvalue weighted by atomic mass is 10.0. The van der Waals surface area contributed by atoms with Gasteiger partial charge in [0.2, 0.25) is 0 Å². The molecule has 0 saturated heterocycles. The van der Waals surface area contributed by atoms with Gasteiger partial charge in [-0.3, -0.25) is 14.5 Å². The molecule has 1 aliphatic rings. The molecule has 0 spiro atoms. The molecule has 1 N–H and O–H groups in total. The van der Waals surface area contributed by atoms with Crippen LogP contribution in [0.5, 0.6) is 5.75 Å². The highest BCUT2D eigenvalue weighted by atomic mass is 19.1. The molecule has 8 heteroatoms. The lowest BCUT2D eigenvalue weighted by Crippen LogP contribution is -2.45. The van der Waals surface area contributed by atoms with Gasteiger partial charge < -0.3 is 19.7 Å². The van der Waals surface area contributed by atoms with Gasteiger partial charge in [0, 0.05) is 50.6 Å². The number of hydrogen-bond donors (Lipinski definition) is 1. The Hall–Kier alpha value is -2.97. The van der Waals surface area contributed by atoms with Gasteiger partial charge in [0.05, 0.1) is 11.7 Å². The largest absolute Gasteiger partial charge is 0.491 e. The quantitative estimate of drug-likeness (QED) is 0.764. The highest BCUT2D eigenvalue weighted by Gasteiger charge is 2.27. The average Bonchev–Trinajstić information content (AvgIpc) is 2.79. The van der Waals surface area contributed by atoms with E-state index in [4.69, 9.17) is 9.47 Å². The summed E-state index contributed by atoms with van der Waals surface area (Å²) >= 11 is 0. The van der Waals surface area contributed by atoms with Crippen molar-refractivity contribution in [2.75, 3.05) is 46.2 Å². The van der Waals surface area contributed by atoms with Crippen LogP contribution in [0.2, 0.25) is 0 Å². The van der Waals surface area contributed by atoms with Gasteiger partial charge in [-0.2, -0.15) is 0 Å². The number of nitrogens with zero attached hydrogens (tertiary/aromatic N) is 2. The third kappa shape index (κ3) is 6.09. The van der Waals surface area contributed by atoms with E-state index in [1.54, 1.807) is 37.3 Å². The summed E-state index contributed by atoms with van der Waals surface area (Å²) in [4.78, 5) is 29.6. The molecule has 3 atom stereocenters. The normalized spacial score (nSPS) is 22.5. The van der Waals surface area contributed by atoms with Crippen LogP contribution in [0.25, 0.3) is 0 Å². The highest BCUT2D eigenvalue weighted by molar-refractivity contribution is 6.05. The van der Waals surface area contributed by atoms with Gasteiger partial charge in [0.25, 0.3) is 11.8 Å². The number of anilines is 1. The van der Waals surface area contributed by atoms with Gasteiger partial charge in [-0.1, -0.05) is 13.0 Å². The summed E-state index contributed by atoms with van der Waals surface area (Å²) < 4.78 is 25.2. The molecule has 0 bridgehead atoms. The Morgan fingerprint density at radius 3 is 2.61 bits per heavy atom. The maximum Gasteiger partial charge on any atom is 0.257 e. The summed E-state index contributed by atoms with van der Waals surface area (Å²) in [5.41, 5.74) is 1.06. The molecule has 0 aromatic heterocycles. The van der Waals surface area contributed by atoms with Crippen LogP contribution in [-0.2, 0) is 4.74 Å². The lowest BCUT2D eigenvalue weighted by molar-refractivity contribution is 0.0150. The molecule has 0 radical (unpaired) electrons. The van der Waals surface area contributed by atoms with Crippen LogP contribution in [0, 0.1) is 11.7 Å². The molecule has 7 nitrogen and oxygen atoms in total. The first kappa shape index (κ1) is 24.7. The maximum atomic E-state index is 13.5. The summed E-state index contributed by atoms with van der Waals surface area (Å²) in [5.74, 6) is -0.525. The van der Waals surface area contributed by atoms with E-state index in [2.05, 4.69) is 24.1 Å². The number of halogens is 1. The molecule has 0 aliphatic carbocycles. The molecule has 0 fully saturated rings. The van der Waals surface area contributed by atoms with E-state index in [1.165, 1.54) is 24.3 Å². The molecule has 2 aromatic rings. The van der Waals surface area contributed by atoms with E-state index in [0.29, 0.717) is 30.2 Å². The van der Waals surface area contributed by atoms with Crippen LogP contribution in [0.15, 0.2) is 42.5 Å². The lowest BCUT2D eigenvalue weighted by Gasteiger charge is -2.34. The average molecular weight is 458 g/mol. The third-order valence-electron chi connectivity index (χ3n) is 6.10. The third-order valence-corrected chi connectivity index (χ3v) is 6.10. The number of carbonyl (C=O) groups is 2. The first-order valence-corrected chi connectivity index (χ1v) is 11.0. The van der Waals surface area contributed by atoms with Gasteiger partial charge in [-0.25, -0.2) is 4.39 Å². The zero-order chi connectivity index (χ0) is 24.1. The molecule has 0 unspecified atom stereocenters. The number of amides is 2. The van der Waals surface area contributed by atoms with Crippen molar-refractivity contribution in [3.8, 4) is 5.75 Å². The van der Waals surface area contributed by atoms with Crippen molar-refractivity contribution in [2.45, 2.75) is 26.0 Å². The summed E-state index contributed by atoms with van der Waals surface area (Å²) in [7, 11) is 5.44. The zero-order valence-electron chi connectivity index (χ0n) is 19.8. The minimum atomic E-state index is -0.487. The SMILES string of the molecule is CO[C@H]1CN(C)C(=O)c2ccc(NC(=O)c3cccc(F)c3)cc2OC[C@@H](C)N(C)C[C@H]1C. The molecule has 2 aromatic carbocycles. The maximum absolute atomic E-state index is 13.5. The predicted molar refractivity (Wildman–Crippen MR) is 125 cm³/mol. The topological polar surface area (TPSA) is 71.1 Å². The van der Waals surface area contributed by atoms with Crippen LogP contribution in [0.1, 0.15) is 34.6 Å². The summed E-state index contributed by atoms with van der Waals surface area (Å²) in [6.45, 7) is 5.78. The number of benzene rings is 2. The van der Waals surface area contributed by atoms with Gasteiger partial charge in [-0.05, 0) is 50.2 Å². The van der Waals surface area contributed by atoms with Gasteiger partial charge in [0.1, 0.15) is 18.2 Å². The first-order chi connectivity index (χ1) is 15.7. The Bertz CT molecular complexity index is 999. The molecule has 0 saturated carbocycles. The van der Waals surface area contributed by atoms with Crippen LogP contribution in [0.3, 0.4) is 0 Å². The monoisotopic (exact) mass is 457 g/mol. The van der Waals surface area contributed by atoms with Gasteiger partial charge in [0.15, 0.2) is 0 Å². The van der Waals surface area contributed by atoms with Crippen LogP contribution >= 0.6 is 0 Å². The van der Waals surface area contributed by atoms with E-state index in [1.807, 2.05) is 7.05 Å². The van der Waals surface area contributed by atoms with E-state index in [9.17, 15) is 14.0 Å². The Balaban J connectivity index is 1.90. The molecule has 178 valence electrons. The van der Waals surface area contributed by atoms with E-state index in [0.717, 1.165) is 6.54 Å². The Labute approximate surface area is 194 Å². The number of fused-ring (bicyclic) bond motifs is 1. The minimum Gasteiger partial charge on any atom is -0.491 e. The number of hydrogen-bond acceptors (Lipinski definition) is 5. The Kier molecular flexibility index (Phi) is 8.05. The number of likely N-dealkylation sites (N-methyl/N-ethyl adjacent to an activating group) is 2. The molecular weight excluding hydrogens is 425 g/mol. The van der Waals surface area contributed by atoms with Crippen LogP contribution in [-0.4, -0.2) is 74.7 Å². The predicted octanol–water partition coefficient (Wildman–Crippen LogP) is 3.51. The second-order valence-corrected chi connectivity index (χ2v) is 8.71. The number of carbonyl (C=O) groups excluding carboxylic acids is 2. The fourth-order valence-electron chi connectivity index (χ4n) is 3.86. The van der Waals surface area contributed by atoms with Gasteiger partial charge in [-0.15, -0.1) is 0 Å². The van der Waals surface area contributed by atoms with E-state index >= 15 is 0 Å². The minimum absolute atomic E-state index is 0.0932. The summed E-state index contributed by atoms with van der Waals surface area (Å²) in [5, 5.41) is 2.75. The van der Waals surface area contributed by atoms with Crippen molar-refractivity contribution in [1.29, 1.82) is 0 Å². The second-order valence-electron chi connectivity index (χ2n) is 8.71. The number of rotatable bonds is 3. The molecule has 1 aliphatic heterocycles. The van der Waals surface area contributed by atoms with Crippen molar-refractivity contribution >= 4 is 17.5 Å². The van der Waals surface area contributed by atoms with Crippen molar-refractivity contribution in [3.05, 3.63) is 59.4 Å². The molecule has 33 heavy (non-hydrogen) atoms. The molecule has 3 rings (SSSR count). The van der Waals surface area contributed by atoms with Crippen LogP contribution < -0.4 is 10.1 Å². The van der Waals surface area contributed by atoms with E-state index < -0.39 is 11.7 Å². The van der Waals surface area contributed by atoms with Crippen molar-refractivity contribution in [2.24, 2.45) is 5.92 Å². The van der Waals surface area contributed by atoms with Gasteiger partial charge >= 0.3 is 0 Å².